The van der Waals surface area contributed by atoms with E-state index < -0.39 is 0 Å². The molecule has 0 atom stereocenters. The van der Waals surface area contributed by atoms with E-state index in [2.05, 4.69) is 5.10 Å². The summed E-state index contributed by atoms with van der Waals surface area (Å²) in [7, 11) is 3.37. The van der Waals surface area contributed by atoms with Crippen LogP contribution in [-0.2, 0) is 14.1 Å². The molecule has 0 bridgehead atoms. The van der Waals surface area contributed by atoms with Gasteiger partial charge in [0.2, 0.25) is 0 Å². The molecule has 0 aliphatic rings. The molecule has 2 rings (SSSR count). The zero-order valence-corrected chi connectivity index (χ0v) is 8.51. The van der Waals surface area contributed by atoms with E-state index in [-0.39, 0.29) is 11.3 Å². The quantitative estimate of drug-likeness (QED) is 0.737. The van der Waals surface area contributed by atoms with Crippen molar-refractivity contribution >= 4 is 0 Å². The molecule has 1 N–H and O–H groups in total. The van der Waals surface area contributed by atoms with Crippen LogP contribution >= 0.6 is 0 Å². The molecule has 2 aromatic heterocycles. The van der Waals surface area contributed by atoms with Gasteiger partial charge >= 0.3 is 0 Å². The van der Waals surface area contributed by atoms with E-state index in [1.54, 1.807) is 31.2 Å². The van der Waals surface area contributed by atoms with Crippen molar-refractivity contribution in [2.45, 2.75) is 0 Å². The maximum atomic E-state index is 11.7. The van der Waals surface area contributed by atoms with Gasteiger partial charge in [-0.2, -0.15) is 5.10 Å². The molecule has 5 heteroatoms. The molecule has 5 nitrogen and oxygen atoms in total. The Kier molecular flexibility index (Phi) is 2.07. The molecule has 0 amide bonds. The van der Waals surface area contributed by atoms with E-state index in [9.17, 15) is 9.90 Å². The van der Waals surface area contributed by atoms with Crippen LogP contribution in [0.2, 0.25) is 0 Å². The van der Waals surface area contributed by atoms with Crippen LogP contribution in [-0.4, -0.2) is 19.5 Å². The lowest BCUT2D eigenvalue weighted by Crippen LogP contribution is -2.17. The van der Waals surface area contributed by atoms with Gasteiger partial charge in [0.05, 0.1) is 11.8 Å². The topological polar surface area (TPSA) is 60.0 Å². The van der Waals surface area contributed by atoms with Crippen molar-refractivity contribution < 1.29 is 5.11 Å². The van der Waals surface area contributed by atoms with Crippen LogP contribution in [0, 0.1) is 0 Å². The van der Waals surface area contributed by atoms with Crippen LogP contribution in [0.5, 0.6) is 5.75 Å². The Morgan fingerprint density at radius 1 is 1.33 bits per heavy atom. The second-order valence-corrected chi connectivity index (χ2v) is 3.43. The molecular weight excluding hydrogens is 194 g/mol. The molecule has 15 heavy (non-hydrogen) atoms. The van der Waals surface area contributed by atoms with Gasteiger partial charge in [0, 0.05) is 32.1 Å². The fourth-order valence-corrected chi connectivity index (χ4v) is 1.46. The SMILES string of the molecule is Cn1cc(-c2cc(O)cn(C)c2=O)cn1. The molecule has 78 valence electrons. The van der Waals surface area contributed by atoms with Crippen LogP contribution in [0.1, 0.15) is 0 Å². The molecule has 2 heterocycles. The highest BCUT2D eigenvalue weighted by Gasteiger charge is 2.08. The second kappa shape index (κ2) is 3.27. The molecular formula is C10H11N3O2. The van der Waals surface area contributed by atoms with Gasteiger partial charge in [-0.25, -0.2) is 0 Å². The first-order chi connectivity index (χ1) is 7.08. The van der Waals surface area contributed by atoms with E-state index >= 15 is 0 Å². The smallest absolute Gasteiger partial charge is 0.258 e. The lowest BCUT2D eigenvalue weighted by Gasteiger charge is -2.02. The Balaban J connectivity index is 2.67. The Morgan fingerprint density at radius 3 is 2.67 bits per heavy atom. The number of aromatic nitrogens is 3. The maximum Gasteiger partial charge on any atom is 0.258 e. The van der Waals surface area contributed by atoms with Gasteiger partial charge in [-0.1, -0.05) is 0 Å². The summed E-state index contributed by atoms with van der Waals surface area (Å²) in [6, 6.07) is 1.44. The highest BCUT2D eigenvalue weighted by Crippen LogP contribution is 2.17. The number of hydrogen-bond acceptors (Lipinski definition) is 3. The third-order valence-corrected chi connectivity index (χ3v) is 2.18. The molecule has 0 unspecified atom stereocenters. The van der Waals surface area contributed by atoms with Gasteiger partial charge < -0.3 is 9.67 Å². The summed E-state index contributed by atoms with van der Waals surface area (Å²) < 4.78 is 2.95. The van der Waals surface area contributed by atoms with Crippen LogP contribution < -0.4 is 5.56 Å². The first-order valence-corrected chi connectivity index (χ1v) is 4.46. The predicted molar refractivity (Wildman–Crippen MR) is 55.5 cm³/mol. The molecule has 2 aromatic rings. The summed E-state index contributed by atoms with van der Waals surface area (Å²) in [4.78, 5) is 11.7. The highest BCUT2D eigenvalue weighted by molar-refractivity contribution is 5.62. The van der Waals surface area contributed by atoms with E-state index in [1.165, 1.54) is 16.8 Å². The predicted octanol–water partition coefficient (Wildman–Crippen LogP) is 0.491. The summed E-state index contributed by atoms with van der Waals surface area (Å²) in [5.41, 5.74) is 1.00. The van der Waals surface area contributed by atoms with Crippen molar-refractivity contribution in [3.63, 3.8) is 0 Å². The number of rotatable bonds is 1. The summed E-state index contributed by atoms with van der Waals surface area (Å²) in [6.07, 6.45) is 4.70. The fourth-order valence-electron chi connectivity index (χ4n) is 1.46. The van der Waals surface area contributed by atoms with Gasteiger partial charge in [-0.3, -0.25) is 9.48 Å². The third-order valence-electron chi connectivity index (χ3n) is 2.18. The summed E-state index contributed by atoms with van der Waals surface area (Å²) in [5, 5.41) is 13.4. The van der Waals surface area contributed by atoms with Crippen LogP contribution in [0.25, 0.3) is 11.1 Å². The van der Waals surface area contributed by atoms with E-state index in [0.29, 0.717) is 11.1 Å². The number of aryl methyl sites for hydroxylation is 2. The molecule has 0 aliphatic heterocycles. The van der Waals surface area contributed by atoms with Gasteiger partial charge in [-0.15, -0.1) is 0 Å². The van der Waals surface area contributed by atoms with E-state index in [4.69, 9.17) is 0 Å². The zero-order chi connectivity index (χ0) is 11.0. The summed E-state index contributed by atoms with van der Waals surface area (Å²) in [5.74, 6) is 0.0657. The van der Waals surface area contributed by atoms with Crippen molar-refractivity contribution in [1.82, 2.24) is 14.3 Å². The van der Waals surface area contributed by atoms with Crippen molar-refractivity contribution in [3.8, 4) is 16.9 Å². The summed E-state index contributed by atoms with van der Waals surface area (Å²) in [6.45, 7) is 0. The molecule has 0 spiro atoms. The average Bonchev–Trinajstić information content (AvgIpc) is 2.58. The van der Waals surface area contributed by atoms with Gasteiger partial charge in [0.25, 0.3) is 5.56 Å². The van der Waals surface area contributed by atoms with Crippen molar-refractivity contribution in [2.75, 3.05) is 0 Å². The minimum atomic E-state index is -0.152. The van der Waals surface area contributed by atoms with Gasteiger partial charge in [0.15, 0.2) is 0 Å². The molecule has 0 aromatic carbocycles. The molecule has 0 radical (unpaired) electrons. The van der Waals surface area contributed by atoms with Gasteiger partial charge in [0.1, 0.15) is 5.75 Å². The standard InChI is InChI=1S/C10H11N3O2/c1-12-6-8(14)3-9(10(12)15)7-4-11-13(2)5-7/h3-6,14H,1-2H3. The first-order valence-electron chi connectivity index (χ1n) is 4.46. The number of pyridine rings is 1. The van der Waals surface area contributed by atoms with Crippen molar-refractivity contribution in [2.24, 2.45) is 14.1 Å². The Labute approximate surface area is 86.2 Å². The van der Waals surface area contributed by atoms with E-state index in [0.717, 1.165) is 0 Å². The molecule has 0 aliphatic carbocycles. The first kappa shape index (κ1) is 9.51. The van der Waals surface area contributed by atoms with Crippen LogP contribution in [0.15, 0.2) is 29.5 Å². The van der Waals surface area contributed by atoms with Crippen molar-refractivity contribution in [1.29, 1.82) is 0 Å². The molecule has 0 saturated carbocycles. The Morgan fingerprint density at radius 2 is 2.07 bits per heavy atom. The lowest BCUT2D eigenvalue weighted by molar-refractivity contribution is 0.468. The molecule has 0 fully saturated rings. The number of hydrogen-bond donors (Lipinski definition) is 1. The fraction of sp³-hybridized carbons (Fsp3) is 0.200. The highest BCUT2D eigenvalue weighted by atomic mass is 16.3. The maximum absolute atomic E-state index is 11.7. The average molecular weight is 205 g/mol. The van der Waals surface area contributed by atoms with Crippen LogP contribution in [0.3, 0.4) is 0 Å². The third kappa shape index (κ3) is 1.63. The Hall–Kier alpha value is -2.04. The Bertz CT molecular complexity index is 554. The second-order valence-electron chi connectivity index (χ2n) is 3.43. The summed E-state index contributed by atoms with van der Waals surface area (Å²) >= 11 is 0. The molecule has 0 saturated heterocycles. The van der Waals surface area contributed by atoms with Crippen LogP contribution in [0.4, 0.5) is 0 Å². The number of aromatic hydroxyl groups is 1. The minimum Gasteiger partial charge on any atom is -0.506 e. The monoisotopic (exact) mass is 205 g/mol. The minimum absolute atomic E-state index is 0.0657. The zero-order valence-electron chi connectivity index (χ0n) is 8.51. The number of nitrogens with zero attached hydrogens (tertiary/aromatic N) is 3. The lowest BCUT2D eigenvalue weighted by atomic mass is 10.1. The van der Waals surface area contributed by atoms with E-state index in [1.807, 2.05) is 0 Å². The van der Waals surface area contributed by atoms with Gasteiger partial charge in [-0.05, 0) is 6.07 Å². The largest absolute Gasteiger partial charge is 0.506 e. The van der Waals surface area contributed by atoms with Crippen molar-refractivity contribution in [3.05, 3.63) is 35.0 Å². The normalized spacial score (nSPS) is 10.5.